The molecule has 0 atom stereocenters. The Bertz CT molecular complexity index is 1340. The number of nitrogens with zero attached hydrogens (tertiary/aromatic N) is 5. The van der Waals surface area contributed by atoms with Crippen LogP contribution in [0.15, 0.2) is 48.9 Å². The van der Waals surface area contributed by atoms with Gasteiger partial charge in [-0.25, -0.2) is 4.98 Å². The van der Waals surface area contributed by atoms with Gasteiger partial charge in [0.2, 0.25) is 0 Å². The van der Waals surface area contributed by atoms with Gasteiger partial charge in [0.1, 0.15) is 23.5 Å². The molecule has 0 bridgehead atoms. The van der Waals surface area contributed by atoms with Gasteiger partial charge >= 0.3 is 0 Å². The fourth-order valence-corrected chi connectivity index (χ4v) is 3.01. The van der Waals surface area contributed by atoms with Crippen LogP contribution in [-0.2, 0) is 0 Å². The molecule has 0 spiro atoms. The van der Waals surface area contributed by atoms with E-state index in [0.29, 0.717) is 33.6 Å². The van der Waals surface area contributed by atoms with Crippen LogP contribution in [0.3, 0.4) is 0 Å². The van der Waals surface area contributed by atoms with Crippen LogP contribution in [0.5, 0.6) is 0 Å². The number of benzene rings is 1. The van der Waals surface area contributed by atoms with Gasteiger partial charge in [-0.05, 0) is 42.8 Å². The highest BCUT2D eigenvalue weighted by Crippen LogP contribution is 2.28. The molecule has 0 aliphatic heterocycles. The fraction of sp³-hybridized carbons (Fsp3) is 0.0476. The average Bonchev–Trinajstić information content (AvgIpc) is 3.16. The largest absolute Gasteiger partial charge is 0.321 e. The number of aromatic amines is 1. The molecule has 0 aliphatic carbocycles. The SMILES string of the molecule is Cc1cc(C#N)cnc1C(=O)Nc1ccc2[nH]nc(-c3cncc(C#N)c3)c2c1. The van der Waals surface area contributed by atoms with E-state index in [1.54, 1.807) is 37.4 Å². The zero-order valence-corrected chi connectivity index (χ0v) is 15.3. The smallest absolute Gasteiger partial charge is 0.274 e. The third-order valence-electron chi connectivity index (χ3n) is 4.38. The Morgan fingerprint density at radius 1 is 1.07 bits per heavy atom. The zero-order valence-electron chi connectivity index (χ0n) is 15.3. The monoisotopic (exact) mass is 379 g/mol. The Hall–Kier alpha value is -4.56. The van der Waals surface area contributed by atoms with E-state index in [4.69, 9.17) is 10.5 Å². The molecule has 1 amide bonds. The van der Waals surface area contributed by atoms with Crippen molar-refractivity contribution in [1.82, 2.24) is 20.2 Å². The summed E-state index contributed by atoms with van der Waals surface area (Å²) >= 11 is 0. The summed E-state index contributed by atoms with van der Waals surface area (Å²) < 4.78 is 0. The molecule has 8 nitrogen and oxygen atoms in total. The molecule has 0 saturated heterocycles. The highest BCUT2D eigenvalue weighted by atomic mass is 16.1. The van der Waals surface area contributed by atoms with Crippen LogP contribution in [-0.4, -0.2) is 26.1 Å². The molecule has 0 aliphatic rings. The Morgan fingerprint density at radius 2 is 1.86 bits per heavy atom. The van der Waals surface area contributed by atoms with Crippen molar-refractivity contribution in [2.45, 2.75) is 6.92 Å². The number of fused-ring (bicyclic) bond motifs is 1. The van der Waals surface area contributed by atoms with Gasteiger partial charge in [0.25, 0.3) is 5.91 Å². The van der Waals surface area contributed by atoms with Gasteiger partial charge in [-0.2, -0.15) is 15.6 Å². The van der Waals surface area contributed by atoms with Gasteiger partial charge in [0.05, 0.1) is 16.6 Å². The minimum atomic E-state index is -0.371. The van der Waals surface area contributed by atoms with E-state index >= 15 is 0 Å². The molecule has 3 aromatic heterocycles. The van der Waals surface area contributed by atoms with Crippen molar-refractivity contribution in [1.29, 1.82) is 10.5 Å². The number of rotatable bonds is 3. The number of carbonyl (C=O) groups excluding carboxylic acids is 1. The molecule has 0 fully saturated rings. The topological polar surface area (TPSA) is 131 Å². The molecule has 0 unspecified atom stereocenters. The van der Waals surface area contributed by atoms with Crippen molar-refractivity contribution in [3.63, 3.8) is 0 Å². The molecule has 29 heavy (non-hydrogen) atoms. The number of nitriles is 2. The van der Waals surface area contributed by atoms with E-state index in [-0.39, 0.29) is 11.6 Å². The highest BCUT2D eigenvalue weighted by molar-refractivity contribution is 6.05. The molecule has 4 aromatic rings. The van der Waals surface area contributed by atoms with Crippen molar-refractivity contribution < 1.29 is 4.79 Å². The Kier molecular flexibility index (Phi) is 4.44. The first-order chi connectivity index (χ1) is 14.1. The molecule has 4 rings (SSSR count). The minimum absolute atomic E-state index is 0.252. The summed E-state index contributed by atoms with van der Waals surface area (Å²) in [6.07, 6.45) is 4.48. The maximum Gasteiger partial charge on any atom is 0.274 e. The number of anilines is 1. The molecular formula is C21H13N7O. The van der Waals surface area contributed by atoms with E-state index in [1.807, 2.05) is 12.1 Å². The lowest BCUT2D eigenvalue weighted by Crippen LogP contribution is -2.15. The second-order valence-corrected chi connectivity index (χ2v) is 6.36. The zero-order chi connectivity index (χ0) is 20.4. The fourth-order valence-electron chi connectivity index (χ4n) is 3.01. The average molecular weight is 379 g/mol. The second-order valence-electron chi connectivity index (χ2n) is 6.36. The maximum atomic E-state index is 12.6. The van der Waals surface area contributed by atoms with Crippen molar-refractivity contribution >= 4 is 22.5 Å². The summed E-state index contributed by atoms with van der Waals surface area (Å²) in [4.78, 5) is 20.8. The lowest BCUT2D eigenvalue weighted by atomic mass is 10.1. The molecule has 2 N–H and O–H groups in total. The van der Waals surface area contributed by atoms with Gasteiger partial charge in [0.15, 0.2) is 0 Å². The third-order valence-corrected chi connectivity index (χ3v) is 4.38. The lowest BCUT2D eigenvalue weighted by molar-refractivity contribution is 0.102. The number of hydrogen-bond donors (Lipinski definition) is 2. The van der Waals surface area contributed by atoms with Crippen molar-refractivity contribution in [3.8, 4) is 23.4 Å². The summed E-state index contributed by atoms with van der Waals surface area (Å²) in [6, 6.07) is 12.7. The summed E-state index contributed by atoms with van der Waals surface area (Å²) in [6.45, 7) is 1.73. The van der Waals surface area contributed by atoms with Gasteiger partial charge in [-0.15, -0.1) is 0 Å². The third kappa shape index (κ3) is 3.38. The summed E-state index contributed by atoms with van der Waals surface area (Å²) in [5.41, 5.74) is 4.39. The van der Waals surface area contributed by atoms with Crippen LogP contribution >= 0.6 is 0 Å². The quantitative estimate of drug-likeness (QED) is 0.561. The number of pyridine rings is 2. The summed E-state index contributed by atoms with van der Waals surface area (Å²) in [5.74, 6) is -0.371. The Labute approximate surface area is 165 Å². The number of aromatic nitrogens is 4. The van der Waals surface area contributed by atoms with Crippen LogP contribution < -0.4 is 5.32 Å². The van der Waals surface area contributed by atoms with E-state index < -0.39 is 0 Å². The summed E-state index contributed by atoms with van der Waals surface area (Å²) in [7, 11) is 0. The van der Waals surface area contributed by atoms with Crippen molar-refractivity contribution in [2.24, 2.45) is 0 Å². The van der Waals surface area contributed by atoms with Crippen LogP contribution in [0, 0.1) is 29.6 Å². The summed E-state index contributed by atoms with van der Waals surface area (Å²) in [5, 5.41) is 28.9. The highest BCUT2D eigenvalue weighted by Gasteiger charge is 2.14. The molecular weight excluding hydrogens is 366 g/mol. The van der Waals surface area contributed by atoms with Gasteiger partial charge in [-0.1, -0.05) is 0 Å². The van der Waals surface area contributed by atoms with Crippen LogP contribution in [0.1, 0.15) is 27.2 Å². The van der Waals surface area contributed by atoms with E-state index in [0.717, 1.165) is 10.9 Å². The normalized spacial score (nSPS) is 10.3. The Balaban J connectivity index is 1.68. The van der Waals surface area contributed by atoms with E-state index in [1.165, 1.54) is 12.4 Å². The lowest BCUT2D eigenvalue weighted by Gasteiger charge is -2.07. The number of aryl methyl sites for hydroxylation is 1. The van der Waals surface area contributed by atoms with E-state index in [2.05, 4.69) is 31.6 Å². The van der Waals surface area contributed by atoms with Gasteiger partial charge < -0.3 is 5.32 Å². The molecule has 8 heteroatoms. The number of nitrogens with one attached hydrogen (secondary N) is 2. The van der Waals surface area contributed by atoms with E-state index in [9.17, 15) is 4.79 Å². The molecule has 0 radical (unpaired) electrons. The maximum absolute atomic E-state index is 12.6. The minimum Gasteiger partial charge on any atom is -0.321 e. The standard InChI is InChI=1S/C21H13N7O/c1-12-4-13(7-22)10-25-19(12)21(29)26-16-2-3-18-17(6-16)20(28-27-18)15-5-14(8-23)9-24-11-15/h2-6,9-11H,1H3,(H,26,29)(H,27,28). The number of H-pyrrole nitrogens is 1. The molecule has 138 valence electrons. The second kappa shape index (κ2) is 7.22. The van der Waals surface area contributed by atoms with Crippen LogP contribution in [0.2, 0.25) is 0 Å². The van der Waals surface area contributed by atoms with Crippen LogP contribution in [0.4, 0.5) is 5.69 Å². The Morgan fingerprint density at radius 3 is 2.62 bits per heavy atom. The number of hydrogen-bond acceptors (Lipinski definition) is 6. The predicted octanol–water partition coefficient (Wildman–Crippen LogP) is 3.32. The molecule has 3 heterocycles. The van der Waals surface area contributed by atoms with Crippen molar-refractivity contribution in [3.05, 3.63) is 71.3 Å². The molecule has 1 aromatic carbocycles. The first kappa shape index (κ1) is 17.8. The number of carbonyl (C=O) groups is 1. The van der Waals surface area contributed by atoms with Gasteiger partial charge in [0, 0.05) is 35.2 Å². The predicted molar refractivity (Wildman–Crippen MR) is 106 cm³/mol. The number of amides is 1. The molecule has 0 saturated carbocycles. The van der Waals surface area contributed by atoms with Crippen molar-refractivity contribution in [2.75, 3.05) is 5.32 Å². The first-order valence-electron chi connectivity index (χ1n) is 8.61. The van der Waals surface area contributed by atoms with Gasteiger partial charge in [-0.3, -0.25) is 14.9 Å². The first-order valence-corrected chi connectivity index (χ1v) is 8.61. The van der Waals surface area contributed by atoms with Crippen LogP contribution in [0.25, 0.3) is 22.2 Å².